The van der Waals surface area contributed by atoms with Crippen LogP contribution in [0.25, 0.3) is 0 Å². The maximum Gasteiger partial charge on any atom is 0.352 e. The molecular weight excluding hydrogens is 292 g/mol. The molecule has 0 fully saturated rings. The zero-order valence-corrected chi connectivity index (χ0v) is 11.6. The molecule has 0 N–H and O–H groups in total. The third kappa shape index (κ3) is 3.41. The molecule has 0 aromatic heterocycles. The minimum atomic E-state index is -1.17. The van der Waals surface area contributed by atoms with Gasteiger partial charge in [0.05, 0.1) is 9.85 Å². The molecule has 0 aliphatic rings. The minimum Gasteiger partial charge on any atom is -0.456 e. The van der Waals surface area contributed by atoms with E-state index in [0.29, 0.717) is 0 Å². The normalized spacial score (nSPS) is 11.0. The summed E-state index contributed by atoms with van der Waals surface area (Å²) >= 11 is 5.64. The molecule has 0 radical (unpaired) electrons. The van der Waals surface area contributed by atoms with Crippen LogP contribution in [-0.2, 0) is 4.74 Å². The van der Waals surface area contributed by atoms with Gasteiger partial charge < -0.3 is 4.74 Å². The smallest absolute Gasteiger partial charge is 0.352 e. The van der Waals surface area contributed by atoms with E-state index in [4.69, 9.17) is 16.3 Å². The van der Waals surface area contributed by atoms with Crippen LogP contribution in [-0.4, -0.2) is 21.4 Å². The Morgan fingerprint density at radius 1 is 1.20 bits per heavy atom. The third-order valence-corrected chi connectivity index (χ3v) is 2.39. The van der Waals surface area contributed by atoms with Crippen molar-refractivity contribution < 1.29 is 19.4 Å². The van der Waals surface area contributed by atoms with E-state index in [1.807, 2.05) is 0 Å². The number of ether oxygens (including phenoxy) is 1. The Hall–Kier alpha value is -2.22. The van der Waals surface area contributed by atoms with Gasteiger partial charge in [0.1, 0.15) is 10.6 Å². The van der Waals surface area contributed by atoms with Gasteiger partial charge >= 0.3 is 11.7 Å². The number of nitro benzene ring substituents is 2. The fourth-order valence-corrected chi connectivity index (χ4v) is 1.64. The topological polar surface area (TPSA) is 113 Å². The largest absolute Gasteiger partial charge is 0.456 e. The molecule has 20 heavy (non-hydrogen) atoms. The average Bonchev–Trinajstić information content (AvgIpc) is 2.24. The Kier molecular flexibility index (Phi) is 4.29. The molecule has 1 rings (SSSR count). The average molecular weight is 303 g/mol. The lowest BCUT2D eigenvalue weighted by atomic mass is 10.1. The van der Waals surface area contributed by atoms with Crippen LogP contribution < -0.4 is 0 Å². The van der Waals surface area contributed by atoms with Crippen LogP contribution >= 0.6 is 11.6 Å². The standard InChI is InChI=1S/C11H11ClN2O6/c1-11(2,3)20-10(15)8-7(13(16)17)5-4-6(12)9(8)14(18)19/h4-5H,1-3H3. The molecule has 8 nitrogen and oxygen atoms in total. The zero-order valence-electron chi connectivity index (χ0n) is 10.9. The van der Waals surface area contributed by atoms with Crippen molar-refractivity contribution in [3.05, 3.63) is 42.9 Å². The van der Waals surface area contributed by atoms with E-state index in [2.05, 4.69) is 0 Å². The Labute approximate surface area is 118 Å². The second-order valence-corrected chi connectivity index (χ2v) is 5.21. The molecule has 0 spiro atoms. The predicted molar refractivity (Wildman–Crippen MR) is 69.9 cm³/mol. The van der Waals surface area contributed by atoms with E-state index >= 15 is 0 Å². The summed E-state index contributed by atoms with van der Waals surface area (Å²) in [5.41, 5.74) is -3.28. The van der Waals surface area contributed by atoms with Crippen molar-refractivity contribution >= 4 is 28.9 Å². The number of rotatable bonds is 3. The number of nitrogens with zero attached hydrogens (tertiary/aromatic N) is 2. The van der Waals surface area contributed by atoms with E-state index in [1.54, 1.807) is 0 Å². The van der Waals surface area contributed by atoms with E-state index in [9.17, 15) is 25.0 Å². The summed E-state index contributed by atoms with van der Waals surface area (Å²) < 4.78 is 4.95. The molecule has 0 heterocycles. The maximum absolute atomic E-state index is 12.0. The van der Waals surface area contributed by atoms with Gasteiger partial charge in [-0.1, -0.05) is 11.6 Å². The van der Waals surface area contributed by atoms with Gasteiger partial charge in [-0.2, -0.15) is 0 Å². The van der Waals surface area contributed by atoms with Crippen molar-refractivity contribution in [3.63, 3.8) is 0 Å². The van der Waals surface area contributed by atoms with Crippen LogP contribution in [0.5, 0.6) is 0 Å². The summed E-state index contributed by atoms with van der Waals surface area (Å²) in [4.78, 5) is 32.0. The first-order chi connectivity index (χ1) is 9.04. The molecule has 0 bridgehead atoms. The lowest BCUT2D eigenvalue weighted by Gasteiger charge is -2.19. The van der Waals surface area contributed by atoms with Crippen LogP contribution in [0.2, 0.25) is 5.02 Å². The Bertz CT molecular complexity index is 593. The molecule has 0 saturated carbocycles. The molecule has 108 valence electrons. The quantitative estimate of drug-likeness (QED) is 0.481. The van der Waals surface area contributed by atoms with Gasteiger partial charge in [-0.3, -0.25) is 20.2 Å². The number of halogens is 1. The lowest BCUT2D eigenvalue weighted by molar-refractivity contribution is -0.394. The van der Waals surface area contributed by atoms with Gasteiger partial charge in [0.15, 0.2) is 0 Å². The second-order valence-electron chi connectivity index (χ2n) is 4.81. The van der Waals surface area contributed by atoms with Gasteiger partial charge in [0, 0.05) is 6.07 Å². The number of carbonyl (C=O) groups is 1. The van der Waals surface area contributed by atoms with Crippen LogP contribution in [0.4, 0.5) is 11.4 Å². The van der Waals surface area contributed by atoms with Crippen molar-refractivity contribution in [2.45, 2.75) is 26.4 Å². The van der Waals surface area contributed by atoms with E-state index in [1.165, 1.54) is 20.8 Å². The van der Waals surface area contributed by atoms with Gasteiger partial charge in [-0.05, 0) is 26.8 Å². The summed E-state index contributed by atoms with van der Waals surface area (Å²) in [7, 11) is 0. The molecule has 1 aromatic carbocycles. The number of nitro groups is 2. The van der Waals surface area contributed by atoms with Crippen LogP contribution in [0.1, 0.15) is 31.1 Å². The minimum absolute atomic E-state index is 0.374. The first kappa shape index (κ1) is 15.8. The highest BCUT2D eigenvalue weighted by atomic mass is 35.5. The van der Waals surface area contributed by atoms with Crippen LogP contribution in [0.15, 0.2) is 12.1 Å². The van der Waals surface area contributed by atoms with Crippen molar-refractivity contribution in [2.75, 3.05) is 0 Å². The summed E-state index contributed by atoms with van der Waals surface area (Å²) in [6.45, 7) is 4.60. The zero-order chi connectivity index (χ0) is 15.7. The highest BCUT2D eigenvalue weighted by Gasteiger charge is 2.36. The number of benzene rings is 1. The van der Waals surface area contributed by atoms with Gasteiger partial charge in [-0.15, -0.1) is 0 Å². The molecule has 0 amide bonds. The van der Waals surface area contributed by atoms with Crippen molar-refractivity contribution in [1.82, 2.24) is 0 Å². The molecule has 0 aliphatic carbocycles. The van der Waals surface area contributed by atoms with Crippen molar-refractivity contribution in [1.29, 1.82) is 0 Å². The van der Waals surface area contributed by atoms with E-state index in [0.717, 1.165) is 12.1 Å². The number of esters is 1. The summed E-state index contributed by atoms with van der Waals surface area (Å²) in [6, 6.07) is 1.92. The summed E-state index contributed by atoms with van der Waals surface area (Å²) in [6.07, 6.45) is 0. The fourth-order valence-electron chi connectivity index (χ4n) is 1.42. The number of hydrogen-bond donors (Lipinski definition) is 0. The highest BCUT2D eigenvalue weighted by molar-refractivity contribution is 6.33. The van der Waals surface area contributed by atoms with E-state index < -0.39 is 38.4 Å². The Morgan fingerprint density at radius 2 is 1.75 bits per heavy atom. The highest BCUT2D eigenvalue weighted by Crippen LogP contribution is 2.36. The molecular formula is C11H11ClN2O6. The van der Waals surface area contributed by atoms with Gasteiger partial charge in [-0.25, -0.2) is 4.79 Å². The van der Waals surface area contributed by atoms with Crippen molar-refractivity contribution in [2.24, 2.45) is 0 Å². The second kappa shape index (κ2) is 5.41. The first-order valence-electron chi connectivity index (χ1n) is 5.39. The molecule has 0 saturated heterocycles. The van der Waals surface area contributed by atoms with Crippen LogP contribution in [0, 0.1) is 20.2 Å². The van der Waals surface area contributed by atoms with Crippen LogP contribution in [0.3, 0.4) is 0 Å². The maximum atomic E-state index is 12.0. The summed E-state index contributed by atoms with van der Waals surface area (Å²) in [5, 5.41) is 21.5. The molecule has 0 atom stereocenters. The van der Waals surface area contributed by atoms with E-state index in [-0.39, 0.29) is 5.02 Å². The fraction of sp³-hybridized carbons (Fsp3) is 0.364. The monoisotopic (exact) mass is 302 g/mol. The molecule has 9 heteroatoms. The lowest BCUT2D eigenvalue weighted by Crippen LogP contribution is -2.25. The molecule has 1 aromatic rings. The third-order valence-electron chi connectivity index (χ3n) is 2.09. The summed E-state index contributed by atoms with van der Waals surface area (Å²) in [5.74, 6) is -1.17. The Morgan fingerprint density at radius 3 is 2.15 bits per heavy atom. The SMILES string of the molecule is CC(C)(C)OC(=O)c1c([N+](=O)[O-])ccc(Cl)c1[N+](=O)[O-]. The van der Waals surface area contributed by atoms with Crippen molar-refractivity contribution in [3.8, 4) is 0 Å². The van der Waals surface area contributed by atoms with Gasteiger partial charge in [0.2, 0.25) is 5.56 Å². The number of hydrogen-bond acceptors (Lipinski definition) is 6. The Balaban J connectivity index is 3.55. The molecule has 0 aliphatic heterocycles. The van der Waals surface area contributed by atoms with Gasteiger partial charge in [0.25, 0.3) is 5.69 Å². The number of carbonyl (C=O) groups excluding carboxylic acids is 1. The first-order valence-corrected chi connectivity index (χ1v) is 5.77. The predicted octanol–water partition coefficient (Wildman–Crippen LogP) is 3.11. The molecule has 0 unspecified atom stereocenters.